The molecule has 0 spiro atoms. The van der Waals surface area contributed by atoms with Gasteiger partial charge >= 0.3 is 0 Å². The zero-order valence-corrected chi connectivity index (χ0v) is 10.2. The molecule has 2 aliphatic rings. The average molecular weight is 195 g/mol. The lowest BCUT2D eigenvalue weighted by Gasteiger charge is -2.48. The molecule has 0 N–H and O–H groups in total. The summed E-state index contributed by atoms with van der Waals surface area (Å²) in [6, 6.07) is 1.82. The van der Waals surface area contributed by atoms with Crippen LogP contribution in [0.5, 0.6) is 0 Å². The Morgan fingerprint density at radius 2 is 1.50 bits per heavy atom. The van der Waals surface area contributed by atoms with Gasteiger partial charge in [0.05, 0.1) is 0 Å². The first kappa shape index (κ1) is 10.5. The molecule has 2 aliphatic heterocycles. The lowest BCUT2D eigenvalue weighted by Crippen LogP contribution is -2.55. The van der Waals surface area contributed by atoms with Crippen LogP contribution in [0.4, 0.5) is 0 Å². The van der Waals surface area contributed by atoms with Crippen LogP contribution in [0, 0.1) is 5.92 Å². The maximum Gasteiger partial charge on any atom is 0.0182 e. The Bertz CT molecular complexity index is 191. The van der Waals surface area contributed by atoms with E-state index in [2.05, 4.69) is 32.6 Å². The molecular weight excluding hydrogens is 170 g/mol. The molecule has 2 atom stereocenters. The molecule has 0 aromatic heterocycles. The van der Waals surface area contributed by atoms with E-state index in [0.29, 0.717) is 5.54 Å². The van der Waals surface area contributed by atoms with Gasteiger partial charge in [-0.3, -0.25) is 4.90 Å². The Morgan fingerprint density at radius 1 is 1.00 bits per heavy atom. The Balaban J connectivity index is 2.17. The first-order chi connectivity index (χ1) is 6.53. The zero-order valence-electron chi connectivity index (χ0n) is 10.2. The first-order valence-corrected chi connectivity index (χ1v) is 6.32. The van der Waals surface area contributed by atoms with Gasteiger partial charge in [0.25, 0.3) is 0 Å². The van der Waals surface area contributed by atoms with E-state index in [-0.39, 0.29) is 0 Å². The highest BCUT2D eigenvalue weighted by atomic mass is 15.3. The highest BCUT2D eigenvalue weighted by Gasteiger charge is 2.45. The van der Waals surface area contributed by atoms with Crippen LogP contribution >= 0.6 is 0 Å². The van der Waals surface area contributed by atoms with E-state index in [1.807, 2.05) is 0 Å². The Hall–Kier alpha value is -0.0400. The highest BCUT2D eigenvalue weighted by molar-refractivity contribution is 5.00. The van der Waals surface area contributed by atoms with Crippen LogP contribution in [0.3, 0.4) is 0 Å². The molecule has 2 unspecified atom stereocenters. The van der Waals surface area contributed by atoms with Gasteiger partial charge in [0, 0.05) is 17.6 Å². The van der Waals surface area contributed by atoms with Crippen LogP contribution in [0.15, 0.2) is 0 Å². The van der Waals surface area contributed by atoms with E-state index in [1.54, 1.807) is 0 Å². The number of hydrogen-bond acceptors (Lipinski definition) is 1. The topological polar surface area (TPSA) is 3.24 Å². The van der Waals surface area contributed by atoms with Crippen LogP contribution in [0.1, 0.15) is 59.8 Å². The third-order valence-corrected chi connectivity index (χ3v) is 4.77. The van der Waals surface area contributed by atoms with E-state index in [4.69, 9.17) is 0 Å². The second-order valence-corrected chi connectivity index (χ2v) is 6.03. The molecule has 2 heterocycles. The van der Waals surface area contributed by atoms with Crippen molar-refractivity contribution in [2.75, 3.05) is 0 Å². The van der Waals surface area contributed by atoms with Crippen LogP contribution < -0.4 is 0 Å². The van der Waals surface area contributed by atoms with Crippen LogP contribution in [0.2, 0.25) is 0 Å². The molecule has 0 amide bonds. The minimum atomic E-state index is 0.409. The lowest BCUT2D eigenvalue weighted by molar-refractivity contribution is 0.00329. The molecule has 82 valence electrons. The molecule has 0 aromatic carbocycles. The summed E-state index contributed by atoms with van der Waals surface area (Å²) < 4.78 is 0. The van der Waals surface area contributed by atoms with E-state index in [9.17, 15) is 0 Å². The summed E-state index contributed by atoms with van der Waals surface area (Å²) in [5.41, 5.74) is 0.409. The number of fused-ring (bicyclic) bond motifs is 2. The Kier molecular flexibility index (Phi) is 2.63. The summed E-state index contributed by atoms with van der Waals surface area (Å²) in [5.74, 6) is 0.767. The first-order valence-electron chi connectivity index (χ1n) is 6.32. The third kappa shape index (κ3) is 1.50. The predicted octanol–water partition coefficient (Wildman–Crippen LogP) is 3.44. The molecule has 14 heavy (non-hydrogen) atoms. The largest absolute Gasteiger partial charge is 0.292 e. The Labute approximate surface area is 88.9 Å². The van der Waals surface area contributed by atoms with Gasteiger partial charge in [0.1, 0.15) is 0 Å². The molecule has 2 rings (SSSR count). The van der Waals surface area contributed by atoms with Crippen molar-refractivity contribution < 1.29 is 0 Å². The molecule has 2 fully saturated rings. The highest BCUT2D eigenvalue weighted by Crippen LogP contribution is 2.42. The molecule has 2 saturated heterocycles. The summed E-state index contributed by atoms with van der Waals surface area (Å²) in [5, 5.41) is 0. The van der Waals surface area contributed by atoms with E-state index in [1.165, 1.54) is 32.1 Å². The number of rotatable bonds is 2. The summed E-state index contributed by atoms with van der Waals surface area (Å²) >= 11 is 0. The summed E-state index contributed by atoms with van der Waals surface area (Å²) in [6.07, 6.45) is 7.29. The Morgan fingerprint density at radius 3 is 1.93 bits per heavy atom. The van der Waals surface area contributed by atoms with Crippen LogP contribution in [-0.4, -0.2) is 22.5 Å². The molecule has 0 aliphatic carbocycles. The molecule has 2 bridgehead atoms. The molecular formula is C13H25N. The van der Waals surface area contributed by atoms with Crippen molar-refractivity contribution in [3.8, 4) is 0 Å². The minimum absolute atomic E-state index is 0.409. The van der Waals surface area contributed by atoms with Crippen molar-refractivity contribution in [3.05, 3.63) is 0 Å². The molecule has 0 saturated carbocycles. The van der Waals surface area contributed by atoms with E-state index >= 15 is 0 Å². The summed E-state index contributed by atoms with van der Waals surface area (Å²) in [4.78, 5) is 2.85. The molecule has 0 aromatic rings. The SMILES string of the molecule is CC(C)C(C)(C)N1C2CCCC1CC2. The van der Waals surface area contributed by atoms with Crippen molar-refractivity contribution in [1.29, 1.82) is 0 Å². The smallest absolute Gasteiger partial charge is 0.0182 e. The normalized spacial score (nSPS) is 34.1. The lowest BCUT2D eigenvalue weighted by atomic mass is 9.84. The van der Waals surface area contributed by atoms with Crippen molar-refractivity contribution in [1.82, 2.24) is 4.90 Å². The molecule has 1 nitrogen and oxygen atoms in total. The average Bonchev–Trinajstić information content (AvgIpc) is 2.38. The monoisotopic (exact) mass is 195 g/mol. The fourth-order valence-corrected chi connectivity index (χ4v) is 3.36. The standard InChI is InChI=1S/C13H25N/c1-10(2)13(3,4)14-11-6-5-7-12(14)9-8-11/h10-12H,5-9H2,1-4H3. The number of piperidine rings is 1. The second-order valence-electron chi connectivity index (χ2n) is 6.03. The van der Waals surface area contributed by atoms with Gasteiger partial charge in [0.2, 0.25) is 0 Å². The fourth-order valence-electron chi connectivity index (χ4n) is 3.36. The maximum absolute atomic E-state index is 2.85. The third-order valence-electron chi connectivity index (χ3n) is 4.77. The van der Waals surface area contributed by atoms with Gasteiger partial charge in [0.15, 0.2) is 0 Å². The van der Waals surface area contributed by atoms with Crippen molar-refractivity contribution in [2.45, 2.75) is 77.4 Å². The molecule has 1 heteroatoms. The van der Waals surface area contributed by atoms with E-state index < -0.39 is 0 Å². The van der Waals surface area contributed by atoms with Crippen LogP contribution in [-0.2, 0) is 0 Å². The van der Waals surface area contributed by atoms with Crippen LogP contribution in [0.25, 0.3) is 0 Å². The number of nitrogens with zero attached hydrogens (tertiary/aromatic N) is 1. The summed E-state index contributed by atoms with van der Waals surface area (Å²) in [6.45, 7) is 9.62. The fraction of sp³-hybridized carbons (Fsp3) is 1.00. The second kappa shape index (κ2) is 3.52. The van der Waals surface area contributed by atoms with Gasteiger partial charge < -0.3 is 0 Å². The zero-order chi connectivity index (χ0) is 10.3. The van der Waals surface area contributed by atoms with E-state index in [0.717, 1.165) is 18.0 Å². The van der Waals surface area contributed by atoms with Gasteiger partial charge in [-0.1, -0.05) is 20.3 Å². The molecule has 0 radical (unpaired) electrons. The summed E-state index contributed by atoms with van der Waals surface area (Å²) in [7, 11) is 0. The van der Waals surface area contributed by atoms with Crippen molar-refractivity contribution >= 4 is 0 Å². The van der Waals surface area contributed by atoms with Crippen molar-refractivity contribution in [2.24, 2.45) is 5.92 Å². The minimum Gasteiger partial charge on any atom is -0.292 e. The van der Waals surface area contributed by atoms with Gasteiger partial charge in [-0.25, -0.2) is 0 Å². The van der Waals surface area contributed by atoms with Crippen molar-refractivity contribution in [3.63, 3.8) is 0 Å². The van der Waals surface area contributed by atoms with Gasteiger partial charge in [-0.2, -0.15) is 0 Å². The maximum atomic E-state index is 2.85. The van der Waals surface area contributed by atoms with Gasteiger partial charge in [-0.15, -0.1) is 0 Å². The number of hydrogen-bond donors (Lipinski definition) is 0. The predicted molar refractivity (Wildman–Crippen MR) is 61.4 cm³/mol. The van der Waals surface area contributed by atoms with Gasteiger partial charge in [-0.05, 0) is 45.4 Å². The quantitative estimate of drug-likeness (QED) is 0.652.